The molecule has 1 aliphatic carbocycles. The fourth-order valence-electron chi connectivity index (χ4n) is 3.86. The summed E-state index contributed by atoms with van der Waals surface area (Å²) in [6, 6.07) is 24.0. The van der Waals surface area contributed by atoms with Gasteiger partial charge in [0.1, 0.15) is 0 Å². The summed E-state index contributed by atoms with van der Waals surface area (Å²) >= 11 is 0. The maximum atomic E-state index is 6.71. The molecular weight excluding hydrogens is 292 g/mol. The second-order valence-electron chi connectivity index (χ2n) is 7.05. The lowest BCUT2D eigenvalue weighted by Gasteiger charge is -2.35. The van der Waals surface area contributed by atoms with Gasteiger partial charge < -0.3 is 5.73 Å². The predicted octanol–water partition coefficient (Wildman–Crippen LogP) is 4.64. The second kappa shape index (κ2) is 6.04. The van der Waals surface area contributed by atoms with Crippen LogP contribution in [-0.4, -0.2) is 0 Å². The molecule has 3 aromatic carbocycles. The Morgan fingerprint density at radius 3 is 2.58 bits per heavy atom. The van der Waals surface area contributed by atoms with Crippen LogP contribution in [0.3, 0.4) is 0 Å². The first-order valence-electron chi connectivity index (χ1n) is 8.77. The number of hydrogen-bond acceptors (Lipinski definition) is 2. The van der Waals surface area contributed by atoms with Crippen molar-refractivity contribution in [3.05, 3.63) is 83.4 Å². The Morgan fingerprint density at radius 2 is 1.71 bits per heavy atom. The van der Waals surface area contributed by atoms with E-state index in [-0.39, 0.29) is 0 Å². The highest BCUT2D eigenvalue weighted by atomic mass is 15.1. The molecule has 2 atom stereocenters. The molecule has 3 aromatic rings. The first-order valence-corrected chi connectivity index (χ1v) is 8.77. The van der Waals surface area contributed by atoms with E-state index < -0.39 is 5.66 Å². The van der Waals surface area contributed by atoms with Crippen molar-refractivity contribution < 1.29 is 0 Å². The molecule has 0 bridgehead atoms. The number of fused-ring (bicyclic) bond motifs is 2. The fourth-order valence-corrected chi connectivity index (χ4v) is 3.86. The lowest BCUT2D eigenvalue weighted by Crippen LogP contribution is -2.49. The van der Waals surface area contributed by atoms with Crippen LogP contribution >= 0.6 is 0 Å². The molecule has 0 radical (unpaired) electrons. The Labute approximate surface area is 143 Å². The van der Waals surface area contributed by atoms with Crippen molar-refractivity contribution in [2.45, 2.75) is 37.9 Å². The van der Waals surface area contributed by atoms with Crippen LogP contribution in [-0.2, 0) is 12.1 Å². The Hall–Kier alpha value is -2.16. The standard InChI is InChI=1S/C22H24N2/c1-22(23,19-14-13-16-7-2-3-9-18(16)15-19)24-21-12-6-10-17-8-4-5-11-20(17)21/h2-5,7-9,11,13-15,21,24H,6,10,12,23H2,1H3/t21-,22+/m1/s1. The van der Waals surface area contributed by atoms with E-state index in [0.29, 0.717) is 6.04 Å². The fraction of sp³-hybridized carbons (Fsp3) is 0.273. The largest absolute Gasteiger partial charge is 0.310 e. The first kappa shape index (κ1) is 15.4. The number of nitrogens with two attached hydrogens (primary N) is 1. The zero-order chi connectivity index (χ0) is 16.6. The molecule has 0 saturated carbocycles. The van der Waals surface area contributed by atoms with Gasteiger partial charge in [0.05, 0.1) is 5.66 Å². The molecule has 0 saturated heterocycles. The van der Waals surface area contributed by atoms with Gasteiger partial charge in [0.25, 0.3) is 0 Å². The van der Waals surface area contributed by atoms with Crippen LogP contribution in [0.2, 0.25) is 0 Å². The van der Waals surface area contributed by atoms with Gasteiger partial charge in [-0.05, 0) is 59.7 Å². The van der Waals surface area contributed by atoms with Crippen LogP contribution in [0, 0.1) is 0 Å². The minimum atomic E-state index is -0.556. The van der Waals surface area contributed by atoms with E-state index in [1.165, 1.54) is 34.7 Å². The molecule has 1 aliphatic rings. The Morgan fingerprint density at radius 1 is 0.958 bits per heavy atom. The molecular formula is C22H24N2. The van der Waals surface area contributed by atoms with Crippen molar-refractivity contribution in [3.63, 3.8) is 0 Å². The Balaban J connectivity index is 1.65. The Bertz CT molecular complexity index is 866. The average molecular weight is 316 g/mol. The van der Waals surface area contributed by atoms with E-state index in [1.807, 2.05) is 0 Å². The summed E-state index contributed by atoms with van der Waals surface area (Å²) in [5.41, 5.74) is 10.1. The number of aryl methyl sites for hydroxylation is 1. The first-order chi connectivity index (χ1) is 11.6. The number of rotatable bonds is 3. The van der Waals surface area contributed by atoms with Gasteiger partial charge in [0.15, 0.2) is 0 Å². The van der Waals surface area contributed by atoms with Gasteiger partial charge in [0.2, 0.25) is 0 Å². The summed E-state index contributed by atoms with van der Waals surface area (Å²) in [6.45, 7) is 2.08. The van der Waals surface area contributed by atoms with Crippen LogP contribution in [0.25, 0.3) is 10.8 Å². The van der Waals surface area contributed by atoms with E-state index in [2.05, 4.69) is 79.0 Å². The molecule has 0 heterocycles. The van der Waals surface area contributed by atoms with Crippen molar-refractivity contribution in [1.82, 2.24) is 5.32 Å². The average Bonchev–Trinajstić information content (AvgIpc) is 2.61. The Kier molecular flexibility index (Phi) is 3.87. The summed E-state index contributed by atoms with van der Waals surface area (Å²) < 4.78 is 0. The minimum Gasteiger partial charge on any atom is -0.310 e. The van der Waals surface area contributed by atoms with Gasteiger partial charge in [-0.1, -0.05) is 60.7 Å². The predicted molar refractivity (Wildman–Crippen MR) is 101 cm³/mol. The number of benzene rings is 3. The summed E-state index contributed by atoms with van der Waals surface area (Å²) in [7, 11) is 0. The van der Waals surface area contributed by atoms with E-state index in [0.717, 1.165) is 12.0 Å². The highest BCUT2D eigenvalue weighted by Gasteiger charge is 2.28. The van der Waals surface area contributed by atoms with Crippen molar-refractivity contribution >= 4 is 10.8 Å². The van der Waals surface area contributed by atoms with Gasteiger partial charge in [-0.3, -0.25) is 5.32 Å². The van der Waals surface area contributed by atoms with Crippen LogP contribution in [0.1, 0.15) is 42.5 Å². The molecule has 24 heavy (non-hydrogen) atoms. The van der Waals surface area contributed by atoms with Crippen molar-refractivity contribution in [2.24, 2.45) is 5.73 Å². The van der Waals surface area contributed by atoms with Crippen LogP contribution in [0.15, 0.2) is 66.7 Å². The monoisotopic (exact) mass is 316 g/mol. The lowest BCUT2D eigenvalue weighted by molar-refractivity contribution is 0.304. The highest BCUT2D eigenvalue weighted by molar-refractivity contribution is 5.83. The topological polar surface area (TPSA) is 38.0 Å². The van der Waals surface area contributed by atoms with E-state index in [4.69, 9.17) is 5.73 Å². The molecule has 2 nitrogen and oxygen atoms in total. The zero-order valence-corrected chi connectivity index (χ0v) is 14.1. The SMILES string of the molecule is C[C@](N)(N[C@@H]1CCCc2ccccc21)c1ccc2ccccc2c1. The van der Waals surface area contributed by atoms with Crippen LogP contribution in [0.5, 0.6) is 0 Å². The van der Waals surface area contributed by atoms with Gasteiger partial charge >= 0.3 is 0 Å². The molecule has 122 valence electrons. The number of nitrogens with one attached hydrogen (secondary N) is 1. The third-order valence-electron chi connectivity index (χ3n) is 5.19. The van der Waals surface area contributed by atoms with Crippen LogP contribution in [0.4, 0.5) is 0 Å². The summed E-state index contributed by atoms with van der Waals surface area (Å²) in [6.07, 6.45) is 3.52. The molecule has 0 aromatic heterocycles. The summed E-state index contributed by atoms with van der Waals surface area (Å²) in [4.78, 5) is 0. The van der Waals surface area contributed by atoms with Crippen molar-refractivity contribution in [3.8, 4) is 0 Å². The molecule has 0 unspecified atom stereocenters. The maximum absolute atomic E-state index is 6.71. The smallest absolute Gasteiger partial charge is 0.0900 e. The molecule has 0 spiro atoms. The van der Waals surface area contributed by atoms with E-state index >= 15 is 0 Å². The van der Waals surface area contributed by atoms with E-state index in [1.54, 1.807) is 0 Å². The van der Waals surface area contributed by atoms with Gasteiger partial charge in [0, 0.05) is 6.04 Å². The molecule has 0 amide bonds. The minimum absolute atomic E-state index is 0.316. The summed E-state index contributed by atoms with van der Waals surface area (Å²) in [5.74, 6) is 0. The van der Waals surface area contributed by atoms with Crippen molar-refractivity contribution in [1.29, 1.82) is 0 Å². The molecule has 3 N–H and O–H groups in total. The van der Waals surface area contributed by atoms with Gasteiger partial charge in [-0.15, -0.1) is 0 Å². The van der Waals surface area contributed by atoms with Crippen molar-refractivity contribution in [2.75, 3.05) is 0 Å². The molecule has 4 rings (SSSR count). The quantitative estimate of drug-likeness (QED) is 0.691. The normalized spacial score (nSPS) is 19.7. The van der Waals surface area contributed by atoms with E-state index in [9.17, 15) is 0 Å². The molecule has 0 fully saturated rings. The molecule has 0 aliphatic heterocycles. The summed E-state index contributed by atoms with van der Waals surface area (Å²) in [5, 5.41) is 6.19. The molecule has 2 heteroatoms. The third-order valence-corrected chi connectivity index (χ3v) is 5.19. The van der Waals surface area contributed by atoms with Gasteiger partial charge in [-0.25, -0.2) is 0 Å². The zero-order valence-electron chi connectivity index (χ0n) is 14.1. The van der Waals surface area contributed by atoms with Crippen LogP contribution < -0.4 is 11.1 Å². The third kappa shape index (κ3) is 2.83. The van der Waals surface area contributed by atoms with Gasteiger partial charge in [-0.2, -0.15) is 0 Å². The number of hydrogen-bond donors (Lipinski definition) is 2. The maximum Gasteiger partial charge on any atom is 0.0900 e. The second-order valence-corrected chi connectivity index (χ2v) is 7.05. The highest BCUT2D eigenvalue weighted by Crippen LogP contribution is 2.32. The lowest BCUT2D eigenvalue weighted by atomic mass is 9.86.